The van der Waals surface area contributed by atoms with Gasteiger partial charge in [0, 0.05) is 56.3 Å². The van der Waals surface area contributed by atoms with E-state index in [1.807, 2.05) is 18.7 Å². The molecule has 5 aromatic rings. The maximum Gasteiger partial charge on any atom is 0.310 e. The molecule has 1 saturated carbocycles. The van der Waals surface area contributed by atoms with Crippen LogP contribution >= 0.6 is 11.3 Å². The number of nitrogens with zero attached hydrogens (tertiary/aromatic N) is 5. The number of aromatic nitrogens is 3. The highest BCUT2D eigenvalue weighted by Crippen LogP contribution is 2.42. The molecule has 0 amide bonds. The first-order chi connectivity index (χ1) is 20.9. The Morgan fingerprint density at radius 1 is 1.00 bits per heavy atom. The van der Waals surface area contributed by atoms with Gasteiger partial charge in [-0.1, -0.05) is 29.8 Å². The summed E-state index contributed by atoms with van der Waals surface area (Å²) in [5.74, 6) is 1.79. The summed E-state index contributed by atoms with van der Waals surface area (Å²) in [6, 6.07) is 17.3. The van der Waals surface area contributed by atoms with Gasteiger partial charge in [0.25, 0.3) is 0 Å². The summed E-state index contributed by atoms with van der Waals surface area (Å²) in [4.78, 5) is 22.9. The van der Waals surface area contributed by atoms with Gasteiger partial charge in [-0.15, -0.1) is 11.3 Å². The predicted octanol–water partition coefficient (Wildman–Crippen LogP) is 6.77. The average molecular weight is 594 g/mol. The van der Waals surface area contributed by atoms with E-state index in [-0.39, 0.29) is 12.4 Å². The molecular weight excluding hydrogens is 554 g/mol. The Bertz CT molecular complexity index is 1810. The molecule has 0 spiro atoms. The van der Waals surface area contributed by atoms with Crippen molar-refractivity contribution in [3.05, 3.63) is 65.2 Å². The van der Waals surface area contributed by atoms with E-state index in [0.29, 0.717) is 6.61 Å². The van der Waals surface area contributed by atoms with E-state index in [1.165, 1.54) is 30.3 Å². The lowest BCUT2D eigenvalue weighted by atomic mass is 9.93. The molecule has 0 unspecified atom stereocenters. The van der Waals surface area contributed by atoms with Crippen molar-refractivity contribution in [3.8, 4) is 21.7 Å². The monoisotopic (exact) mass is 593 g/mol. The molecule has 0 atom stereocenters. The van der Waals surface area contributed by atoms with Gasteiger partial charge >= 0.3 is 5.97 Å². The number of piperazine rings is 1. The van der Waals surface area contributed by atoms with E-state index >= 15 is 0 Å². The highest BCUT2D eigenvalue weighted by atomic mass is 32.1. The zero-order valence-electron chi connectivity index (χ0n) is 25.5. The van der Waals surface area contributed by atoms with Crippen LogP contribution in [-0.2, 0) is 23.0 Å². The van der Waals surface area contributed by atoms with Crippen LogP contribution in [0.2, 0.25) is 0 Å². The van der Waals surface area contributed by atoms with Gasteiger partial charge in [-0.2, -0.15) is 5.10 Å². The van der Waals surface area contributed by atoms with Gasteiger partial charge in [0.05, 0.1) is 28.8 Å². The largest absolute Gasteiger partial charge is 0.466 e. The Kier molecular flexibility index (Phi) is 7.43. The topological polar surface area (TPSA) is 63.5 Å². The minimum atomic E-state index is -0.203. The first kappa shape index (κ1) is 28.0. The third kappa shape index (κ3) is 5.54. The van der Waals surface area contributed by atoms with Gasteiger partial charge in [-0.25, -0.2) is 4.98 Å². The van der Waals surface area contributed by atoms with E-state index < -0.39 is 0 Å². The zero-order chi connectivity index (χ0) is 29.7. The first-order valence-corrected chi connectivity index (χ1v) is 16.3. The van der Waals surface area contributed by atoms with Gasteiger partial charge in [0.2, 0.25) is 0 Å². The second kappa shape index (κ2) is 11.4. The maximum atomic E-state index is 12.7. The van der Waals surface area contributed by atoms with Crippen molar-refractivity contribution in [1.82, 2.24) is 19.7 Å². The normalized spacial score (nSPS) is 16.0. The van der Waals surface area contributed by atoms with Crippen LogP contribution in [0, 0.1) is 19.8 Å². The molecule has 3 aromatic carbocycles. The number of aryl methyl sites for hydroxylation is 3. The molecule has 1 aliphatic heterocycles. The van der Waals surface area contributed by atoms with Crippen LogP contribution in [0.25, 0.3) is 42.8 Å². The molecule has 222 valence electrons. The number of esters is 1. The van der Waals surface area contributed by atoms with Crippen molar-refractivity contribution in [3.63, 3.8) is 0 Å². The number of fused-ring (bicyclic) bond motifs is 2. The maximum absolute atomic E-state index is 12.7. The SMILES string of the molecule is CCOC(=O)Cc1c(C)cc2nc(-c3ccc4c(c3)c(N3CCN(CC5CC5)CC3)nn4C)sc2c1-c1ccc(C)cc1. The molecule has 0 N–H and O–H groups in total. The highest BCUT2D eigenvalue weighted by Gasteiger charge is 2.28. The summed E-state index contributed by atoms with van der Waals surface area (Å²) >= 11 is 1.70. The number of rotatable bonds is 8. The number of carbonyl (C=O) groups excluding carboxylic acids is 1. The predicted molar refractivity (Wildman–Crippen MR) is 176 cm³/mol. The number of ether oxygens (including phenoxy) is 1. The third-order valence-electron chi connectivity index (χ3n) is 8.94. The quantitative estimate of drug-likeness (QED) is 0.185. The van der Waals surface area contributed by atoms with Gasteiger partial charge in [-0.05, 0) is 80.5 Å². The van der Waals surface area contributed by atoms with Gasteiger partial charge in [-0.3, -0.25) is 14.4 Å². The lowest BCUT2D eigenvalue weighted by Crippen LogP contribution is -2.47. The summed E-state index contributed by atoms with van der Waals surface area (Å²) in [6.07, 6.45) is 3.04. The Balaban J connectivity index is 1.28. The molecule has 7 nitrogen and oxygen atoms in total. The number of hydrogen-bond donors (Lipinski definition) is 0. The summed E-state index contributed by atoms with van der Waals surface area (Å²) < 4.78 is 8.46. The summed E-state index contributed by atoms with van der Waals surface area (Å²) in [7, 11) is 2.04. The molecule has 2 aliphatic rings. The van der Waals surface area contributed by atoms with Crippen LogP contribution in [0.1, 0.15) is 36.5 Å². The van der Waals surface area contributed by atoms with E-state index in [1.54, 1.807) is 11.3 Å². The van der Waals surface area contributed by atoms with E-state index in [2.05, 4.69) is 72.2 Å². The second-order valence-corrected chi connectivity index (χ2v) is 13.2. The van der Waals surface area contributed by atoms with E-state index in [4.69, 9.17) is 14.8 Å². The number of thiazole rings is 1. The standard InChI is InChI=1S/C35H39N5O2S/c1-5-42-31(41)20-27-23(3)18-29-33(32(27)25-10-6-22(2)7-11-25)43-35(36-29)26-12-13-30-28(19-26)34(37-38(30)4)40-16-14-39(15-17-40)21-24-8-9-24/h6-7,10-13,18-19,24H,5,8-9,14-17,20-21H2,1-4H3. The van der Waals surface area contributed by atoms with Crippen LogP contribution in [0.5, 0.6) is 0 Å². The van der Waals surface area contributed by atoms with Crippen LogP contribution in [0.3, 0.4) is 0 Å². The molecule has 3 heterocycles. The molecule has 7 rings (SSSR count). The molecule has 0 bridgehead atoms. The van der Waals surface area contributed by atoms with Crippen LogP contribution in [0.15, 0.2) is 48.5 Å². The summed E-state index contributed by atoms with van der Waals surface area (Å²) in [5.41, 5.74) is 8.63. The van der Waals surface area contributed by atoms with Crippen molar-refractivity contribution < 1.29 is 9.53 Å². The third-order valence-corrected chi connectivity index (χ3v) is 10.1. The molecule has 1 aliphatic carbocycles. The lowest BCUT2D eigenvalue weighted by Gasteiger charge is -2.35. The smallest absolute Gasteiger partial charge is 0.310 e. The Morgan fingerprint density at radius 2 is 1.74 bits per heavy atom. The van der Waals surface area contributed by atoms with Crippen LogP contribution in [-0.4, -0.2) is 65.0 Å². The minimum Gasteiger partial charge on any atom is -0.466 e. The molecule has 2 aromatic heterocycles. The number of carbonyl (C=O) groups is 1. The molecule has 8 heteroatoms. The van der Waals surface area contributed by atoms with Gasteiger partial charge < -0.3 is 9.64 Å². The van der Waals surface area contributed by atoms with E-state index in [9.17, 15) is 4.79 Å². The first-order valence-electron chi connectivity index (χ1n) is 15.5. The number of benzene rings is 3. The summed E-state index contributed by atoms with van der Waals surface area (Å²) in [6.45, 7) is 11.9. The van der Waals surface area contributed by atoms with Crippen molar-refractivity contribution in [2.75, 3.05) is 44.2 Å². The molecule has 1 saturated heterocycles. The fourth-order valence-corrected chi connectivity index (χ4v) is 7.52. The Morgan fingerprint density at radius 3 is 2.47 bits per heavy atom. The van der Waals surface area contributed by atoms with Gasteiger partial charge in [0.1, 0.15) is 5.01 Å². The molecule has 2 fully saturated rings. The number of hydrogen-bond acceptors (Lipinski definition) is 7. The summed E-state index contributed by atoms with van der Waals surface area (Å²) in [5, 5.41) is 7.13. The average Bonchev–Trinajstić information content (AvgIpc) is 3.62. The Labute approximate surface area is 257 Å². The van der Waals surface area contributed by atoms with Crippen molar-refractivity contribution in [1.29, 1.82) is 0 Å². The zero-order valence-corrected chi connectivity index (χ0v) is 26.3. The van der Waals surface area contributed by atoms with Crippen LogP contribution in [0.4, 0.5) is 5.82 Å². The van der Waals surface area contributed by atoms with Crippen molar-refractivity contribution in [2.45, 2.75) is 40.0 Å². The fourth-order valence-electron chi connectivity index (χ4n) is 6.39. The molecule has 43 heavy (non-hydrogen) atoms. The van der Waals surface area contributed by atoms with Crippen molar-refractivity contribution >= 4 is 44.2 Å². The van der Waals surface area contributed by atoms with Crippen LogP contribution < -0.4 is 4.90 Å². The van der Waals surface area contributed by atoms with Crippen molar-refractivity contribution in [2.24, 2.45) is 13.0 Å². The van der Waals surface area contributed by atoms with E-state index in [0.717, 1.165) is 86.5 Å². The highest BCUT2D eigenvalue weighted by molar-refractivity contribution is 7.22. The minimum absolute atomic E-state index is 0.203. The number of anilines is 1. The van der Waals surface area contributed by atoms with Gasteiger partial charge in [0.15, 0.2) is 5.82 Å². The fraction of sp³-hybridized carbons (Fsp3) is 0.400. The Hall–Kier alpha value is -3.75. The molecular formula is C35H39N5O2S. The molecule has 0 radical (unpaired) electrons. The second-order valence-electron chi connectivity index (χ2n) is 12.2. The lowest BCUT2D eigenvalue weighted by molar-refractivity contribution is -0.142.